The number of fused-ring (bicyclic) bond motifs is 1. The minimum atomic E-state index is -1.31. The standard InChI is InChI=1S/C27H19ClN4O5S/c1-16-20-15-23(38-26(20)31(30-16)19-10-6-3-7-11-19)27(34)37-24(17-8-4-2-5-9-17)25(33)29-18-12-13-21(28)22(14-18)32(35)36/h2-15,24H,1H3,(H,29,33)/t24-/m1/s1. The number of rotatable bonds is 7. The highest BCUT2D eigenvalue weighted by molar-refractivity contribution is 7.20. The number of halogens is 1. The molecule has 3 aromatic carbocycles. The molecule has 0 aliphatic heterocycles. The van der Waals surface area contributed by atoms with E-state index < -0.39 is 22.9 Å². The number of ether oxygens (including phenoxy) is 1. The van der Waals surface area contributed by atoms with Crippen LogP contribution in [0.3, 0.4) is 0 Å². The first kappa shape index (κ1) is 25.1. The molecule has 2 aromatic heterocycles. The number of amides is 1. The van der Waals surface area contributed by atoms with E-state index in [1.807, 2.05) is 37.3 Å². The third-order valence-electron chi connectivity index (χ3n) is 5.72. The van der Waals surface area contributed by atoms with Crippen LogP contribution < -0.4 is 5.32 Å². The van der Waals surface area contributed by atoms with Gasteiger partial charge in [0, 0.05) is 22.7 Å². The Kier molecular flexibility index (Phi) is 6.91. The van der Waals surface area contributed by atoms with Crippen LogP contribution >= 0.6 is 22.9 Å². The quantitative estimate of drug-likeness (QED) is 0.142. The van der Waals surface area contributed by atoms with Crippen molar-refractivity contribution in [1.29, 1.82) is 0 Å². The van der Waals surface area contributed by atoms with Crippen molar-refractivity contribution in [1.82, 2.24) is 9.78 Å². The van der Waals surface area contributed by atoms with Crippen LogP contribution in [0.4, 0.5) is 11.4 Å². The van der Waals surface area contributed by atoms with E-state index >= 15 is 0 Å². The van der Waals surface area contributed by atoms with Gasteiger partial charge in [-0.3, -0.25) is 14.9 Å². The fraction of sp³-hybridized carbons (Fsp3) is 0.0741. The van der Waals surface area contributed by atoms with E-state index in [4.69, 9.17) is 16.3 Å². The van der Waals surface area contributed by atoms with Gasteiger partial charge in [-0.15, -0.1) is 11.3 Å². The number of aromatic nitrogens is 2. The summed E-state index contributed by atoms with van der Waals surface area (Å²) < 4.78 is 7.48. The number of esters is 1. The minimum absolute atomic E-state index is 0.0619. The van der Waals surface area contributed by atoms with Gasteiger partial charge in [0.25, 0.3) is 11.6 Å². The topological polar surface area (TPSA) is 116 Å². The zero-order valence-corrected chi connectivity index (χ0v) is 21.4. The lowest BCUT2D eigenvalue weighted by Crippen LogP contribution is -2.25. The average Bonchev–Trinajstić information content (AvgIpc) is 3.49. The van der Waals surface area contributed by atoms with Crippen LogP contribution in [0.5, 0.6) is 0 Å². The normalized spacial score (nSPS) is 11.7. The molecule has 5 aromatic rings. The highest BCUT2D eigenvalue weighted by atomic mass is 35.5. The van der Waals surface area contributed by atoms with Crippen LogP contribution in [0.2, 0.25) is 5.02 Å². The molecule has 9 nitrogen and oxygen atoms in total. The Balaban J connectivity index is 1.44. The molecule has 2 heterocycles. The molecule has 0 unspecified atom stereocenters. The second kappa shape index (κ2) is 10.4. The first-order valence-corrected chi connectivity index (χ1v) is 12.6. The number of nitrogens with one attached hydrogen (secondary N) is 1. The number of hydrogen-bond acceptors (Lipinski definition) is 7. The number of nitrogens with zero attached hydrogens (tertiary/aromatic N) is 3. The lowest BCUT2D eigenvalue weighted by molar-refractivity contribution is -0.384. The van der Waals surface area contributed by atoms with Crippen LogP contribution in [0.1, 0.15) is 27.0 Å². The van der Waals surface area contributed by atoms with Gasteiger partial charge >= 0.3 is 5.97 Å². The lowest BCUT2D eigenvalue weighted by Gasteiger charge is -2.18. The smallest absolute Gasteiger partial charge is 0.349 e. The molecule has 1 N–H and O–H groups in total. The van der Waals surface area contributed by atoms with Crippen molar-refractivity contribution in [2.45, 2.75) is 13.0 Å². The molecule has 1 amide bonds. The number of hydrogen-bond donors (Lipinski definition) is 1. The number of anilines is 1. The zero-order chi connectivity index (χ0) is 26.8. The van der Waals surface area contributed by atoms with E-state index in [-0.39, 0.29) is 16.4 Å². The van der Waals surface area contributed by atoms with Crippen molar-refractivity contribution in [2.24, 2.45) is 0 Å². The molecule has 1 atom stereocenters. The molecule has 190 valence electrons. The predicted octanol–water partition coefficient (Wildman–Crippen LogP) is 6.49. The molecular weight excluding hydrogens is 528 g/mol. The maximum absolute atomic E-state index is 13.3. The van der Waals surface area contributed by atoms with Crippen LogP contribution in [-0.4, -0.2) is 26.6 Å². The largest absolute Gasteiger partial charge is 0.443 e. The van der Waals surface area contributed by atoms with Gasteiger partial charge in [0.15, 0.2) is 0 Å². The first-order valence-electron chi connectivity index (χ1n) is 11.4. The molecule has 0 radical (unpaired) electrons. The molecule has 0 fully saturated rings. The summed E-state index contributed by atoms with van der Waals surface area (Å²) in [5, 5.41) is 19.2. The van der Waals surface area contributed by atoms with Crippen LogP contribution in [0, 0.1) is 17.0 Å². The van der Waals surface area contributed by atoms with Gasteiger partial charge in [-0.05, 0) is 37.3 Å². The van der Waals surface area contributed by atoms with E-state index in [1.54, 1.807) is 41.1 Å². The van der Waals surface area contributed by atoms with Gasteiger partial charge in [-0.25, -0.2) is 9.48 Å². The first-order chi connectivity index (χ1) is 18.3. The molecule has 38 heavy (non-hydrogen) atoms. The second-order valence-corrected chi connectivity index (χ2v) is 9.71. The fourth-order valence-electron chi connectivity index (χ4n) is 3.90. The Morgan fingerprint density at radius 1 is 1.05 bits per heavy atom. The maximum atomic E-state index is 13.3. The average molecular weight is 547 g/mol. The van der Waals surface area contributed by atoms with Gasteiger partial charge in [-0.2, -0.15) is 5.10 Å². The Labute approximate surface area is 225 Å². The Hall–Kier alpha value is -4.54. The van der Waals surface area contributed by atoms with E-state index in [0.29, 0.717) is 10.4 Å². The van der Waals surface area contributed by atoms with Gasteiger partial charge in [-0.1, -0.05) is 60.1 Å². The molecule has 11 heteroatoms. The minimum Gasteiger partial charge on any atom is -0.443 e. The van der Waals surface area contributed by atoms with E-state index in [2.05, 4.69) is 10.4 Å². The number of thiophene rings is 1. The maximum Gasteiger partial charge on any atom is 0.349 e. The van der Waals surface area contributed by atoms with Crippen molar-refractivity contribution in [3.8, 4) is 5.69 Å². The summed E-state index contributed by atoms with van der Waals surface area (Å²) in [6.07, 6.45) is -1.31. The number of aryl methyl sites for hydroxylation is 1. The Morgan fingerprint density at radius 3 is 2.42 bits per heavy atom. The third kappa shape index (κ3) is 4.99. The molecule has 0 saturated heterocycles. The van der Waals surface area contributed by atoms with Gasteiger partial charge in [0.05, 0.1) is 16.3 Å². The number of carbonyl (C=O) groups excluding carboxylic acids is 2. The van der Waals surface area contributed by atoms with Crippen LogP contribution in [-0.2, 0) is 9.53 Å². The van der Waals surface area contributed by atoms with Gasteiger partial charge in [0.1, 0.15) is 14.7 Å². The molecule has 0 spiro atoms. The van der Waals surface area contributed by atoms with Gasteiger partial charge in [0.2, 0.25) is 6.10 Å². The predicted molar refractivity (Wildman–Crippen MR) is 145 cm³/mol. The fourth-order valence-corrected chi connectivity index (χ4v) is 5.15. The summed E-state index contributed by atoms with van der Waals surface area (Å²) in [5.74, 6) is -1.36. The third-order valence-corrected chi connectivity index (χ3v) is 7.13. The molecule has 0 aliphatic carbocycles. The number of nitro groups is 1. The highest BCUT2D eigenvalue weighted by Crippen LogP contribution is 2.33. The van der Waals surface area contributed by atoms with Crippen molar-refractivity contribution < 1.29 is 19.2 Å². The summed E-state index contributed by atoms with van der Waals surface area (Å²) in [7, 11) is 0. The number of benzene rings is 3. The van der Waals surface area contributed by atoms with Crippen molar-refractivity contribution in [3.05, 3.63) is 116 Å². The number of para-hydroxylation sites is 1. The number of carbonyl (C=O) groups is 2. The van der Waals surface area contributed by atoms with E-state index in [9.17, 15) is 19.7 Å². The van der Waals surface area contributed by atoms with Crippen LogP contribution in [0.15, 0.2) is 84.9 Å². The molecule has 0 aliphatic rings. The highest BCUT2D eigenvalue weighted by Gasteiger charge is 2.28. The summed E-state index contributed by atoms with van der Waals surface area (Å²) in [6.45, 7) is 1.86. The molecular formula is C27H19ClN4O5S. The SMILES string of the molecule is Cc1nn(-c2ccccc2)c2sc(C(=O)O[C@@H](C(=O)Nc3ccc(Cl)c([N+](=O)[O-])c3)c3ccccc3)cc12. The van der Waals surface area contributed by atoms with Crippen molar-refractivity contribution >= 4 is 56.4 Å². The number of nitro benzene ring substituents is 1. The van der Waals surface area contributed by atoms with Crippen LogP contribution in [0.25, 0.3) is 15.9 Å². The zero-order valence-electron chi connectivity index (χ0n) is 19.8. The lowest BCUT2D eigenvalue weighted by atomic mass is 10.1. The van der Waals surface area contributed by atoms with E-state index in [1.165, 1.54) is 23.5 Å². The second-order valence-electron chi connectivity index (χ2n) is 8.27. The van der Waals surface area contributed by atoms with Crippen molar-refractivity contribution in [2.75, 3.05) is 5.32 Å². The summed E-state index contributed by atoms with van der Waals surface area (Å²) in [4.78, 5) is 38.2. The summed E-state index contributed by atoms with van der Waals surface area (Å²) in [5.41, 5.74) is 1.83. The Bertz CT molecular complexity index is 1670. The molecule has 5 rings (SSSR count). The van der Waals surface area contributed by atoms with Gasteiger partial charge < -0.3 is 10.1 Å². The summed E-state index contributed by atoms with van der Waals surface area (Å²) >= 11 is 7.09. The molecule has 0 saturated carbocycles. The monoisotopic (exact) mass is 546 g/mol. The summed E-state index contributed by atoms with van der Waals surface area (Å²) in [6, 6.07) is 23.7. The molecule has 0 bridgehead atoms. The Morgan fingerprint density at radius 2 is 1.74 bits per heavy atom. The van der Waals surface area contributed by atoms with Crippen molar-refractivity contribution in [3.63, 3.8) is 0 Å². The van der Waals surface area contributed by atoms with E-state index in [0.717, 1.165) is 27.7 Å².